The number of anilines is 1. The van der Waals surface area contributed by atoms with Crippen LogP contribution in [0.25, 0.3) is 5.65 Å². The fraction of sp³-hybridized carbons (Fsp3) is 0.444. The molecule has 0 aliphatic heterocycles. The summed E-state index contributed by atoms with van der Waals surface area (Å²) >= 11 is 0. The Morgan fingerprint density at radius 2 is 2.33 bits per heavy atom. The summed E-state index contributed by atoms with van der Waals surface area (Å²) in [7, 11) is 0. The van der Waals surface area contributed by atoms with Gasteiger partial charge in [0, 0.05) is 24.5 Å². The van der Waals surface area contributed by atoms with Crippen LogP contribution in [0, 0.1) is 0 Å². The number of hydrogen-bond acceptors (Lipinski definition) is 5. The highest BCUT2D eigenvalue weighted by Crippen LogP contribution is 2.10. The van der Waals surface area contributed by atoms with Crippen molar-refractivity contribution in [3.8, 4) is 0 Å². The van der Waals surface area contributed by atoms with Gasteiger partial charge in [-0.05, 0) is 13.8 Å². The summed E-state index contributed by atoms with van der Waals surface area (Å²) in [5.41, 5.74) is 6.30. The summed E-state index contributed by atoms with van der Waals surface area (Å²) < 4.78 is 1.80. The minimum absolute atomic E-state index is 0.283. The van der Waals surface area contributed by atoms with E-state index in [-0.39, 0.29) is 5.54 Å². The van der Waals surface area contributed by atoms with E-state index < -0.39 is 0 Å². The molecular weight excluding hydrogens is 192 g/mol. The Labute approximate surface area is 87.5 Å². The minimum atomic E-state index is -0.283. The molecule has 0 fully saturated rings. The first-order valence-corrected chi connectivity index (χ1v) is 4.73. The lowest BCUT2D eigenvalue weighted by atomic mass is 10.1. The smallest absolute Gasteiger partial charge is 0.203 e. The second-order valence-electron chi connectivity index (χ2n) is 4.18. The summed E-state index contributed by atoms with van der Waals surface area (Å²) in [4.78, 5) is 4.19. The van der Waals surface area contributed by atoms with E-state index in [1.807, 2.05) is 13.8 Å². The molecule has 0 saturated carbocycles. The molecule has 6 nitrogen and oxygen atoms in total. The Morgan fingerprint density at radius 1 is 1.53 bits per heavy atom. The molecule has 0 unspecified atom stereocenters. The van der Waals surface area contributed by atoms with Gasteiger partial charge >= 0.3 is 0 Å². The van der Waals surface area contributed by atoms with E-state index in [1.165, 1.54) is 0 Å². The zero-order valence-corrected chi connectivity index (χ0v) is 8.81. The third kappa shape index (κ3) is 2.21. The van der Waals surface area contributed by atoms with E-state index in [2.05, 4.69) is 20.5 Å². The molecule has 2 rings (SSSR count). The van der Waals surface area contributed by atoms with Crippen molar-refractivity contribution in [3.05, 3.63) is 18.7 Å². The minimum Gasteiger partial charge on any atom is -0.365 e. The first kappa shape index (κ1) is 9.85. The molecule has 0 spiro atoms. The molecule has 6 heteroatoms. The first-order chi connectivity index (χ1) is 7.06. The van der Waals surface area contributed by atoms with Crippen molar-refractivity contribution in [2.45, 2.75) is 19.4 Å². The maximum atomic E-state index is 5.87. The lowest BCUT2D eigenvalue weighted by Crippen LogP contribution is -2.39. The van der Waals surface area contributed by atoms with Crippen LogP contribution < -0.4 is 11.1 Å². The third-order valence-corrected chi connectivity index (χ3v) is 1.93. The summed E-state index contributed by atoms with van der Waals surface area (Å²) in [6.07, 6.45) is 5.13. The molecule has 0 atom stereocenters. The van der Waals surface area contributed by atoms with Crippen LogP contribution in [0.2, 0.25) is 0 Å². The van der Waals surface area contributed by atoms with Gasteiger partial charge in [0.2, 0.25) is 5.65 Å². The van der Waals surface area contributed by atoms with Gasteiger partial charge in [0.05, 0.1) is 0 Å². The van der Waals surface area contributed by atoms with Crippen molar-refractivity contribution >= 4 is 11.5 Å². The molecule has 80 valence electrons. The number of fused-ring (bicyclic) bond motifs is 1. The first-order valence-electron chi connectivity index (χ1n) is 4.73. The number of hydrogen-bond donors (Lipinski definition) is 2. The molecule has 0 saturated heterocycles. The molecule has 2 heterocycles. The van der Waals surface area contributed by atoms with E-state index in [0.29, 0.717) is 18.0 Å². The molecule has 0 aliphatic rings. The van der Waals surface area contributed by atoms with Crippen molar-refractivity contribution < 1.29 is 0 Å². The molecule has 2 aromatic rings. The van der Waals surface area contributed by atoms with Gasteiger partial charge in [0.1, 0.15) is 6.33 Å². The fourth-order valence-corrected chi connectivity index (χ4v) is 1.19. The predicted molar refractivity (Wildman–Crippen MR) is 57.5 cm³/mol. The lowest BCUT2D eigenvalue weighted by Gasteiger charge is -2.19. The van der Waals surface area contributed by atoms with Gasteiger partial charge in [-0.25, -0.2) is 4.98 Å². The van der Waals surface area contributed by atoms with Gasteiger partial charge in [-0.3, -0.25) is 4.40 Å². The number of nitrogens with one attached hydrogen (secondary N) is 1. The number of nitrogens with zero attached hydrogens (tertiary/aromatic N) is 4. The van der Waals surface area contributed by atoms with Crippen molar-refractivity contribution in [1.29, 1.82) is 0 Å². The number of nitrogens with two attached hydrogens (primary N) is 1. The van der Waals surface area contributed by atoms with Crippen molar-refractivity contribution in [2.24, 2.45) is 5.73 Å². The Morgan fingerprint density at radius 3 is 3.07 bits per heavy atom. The Balaban J connectivity index is 2.24. The van der Waals surface area contributed by atoms with Crippen molar-refractivity contribution in [3.63, 3.8) is 0 Å². The molecule has 15 heavy (non-hydrogen) atoms. The normalized spacial score (nSPS) is 11.9. The average Bonchev–Trinajstić information content (AvgIpc) is 2.61. The van der Waals surface area contributed by atoms with E-state index in [0.717, 1.165) is 0 Å². The number of rotatable bonds is 3. The number of aromatic nitrogens is 4. The topological polar surface area (TPSA) is 81.1 Å². The maximum absolute atomic E-state index is 5.87. The van der Waals surface area contributed by atoms with Crippen molar-refractivity contribution in [2.75, 3.05) is 11.9 Å². The van der Waals surface area contributed by atoms with Crippen LogP contribution in [-0.2, 0) is 0 Å². The van der Waals surface area contributed by atoms with Gasteiger partial charge in [-0.1, -0.05) is 0 Å². The summed E-state index contributed by atoms with van der Waals surface area (Å²) in [6.45, 7) is 4.53. The van der Waals surface area contributed by atoms with Crippen LogP contribution in [-0.4, -0.2) is 31.7 Å². The average molecular weight is 206 g/mol. The van der Waals surface area contributed by atoms with Crippen LogP contribution in [0.4, 0.5) is 5.82 Å². The highest BCUT2D eigenvalue weighted by atomic mass is 15.2. The van der Waals surface area contributed by atoms with E-state index in [9.17, 15) is 0 Å². The highest BCUT2D eigenvalue weighted by Gasteiger charge is 2.12. The van der Waals surface area contributed by atoms with Gasteiger partial charge in [-0.15, -0.1) is 10.2 Å². The van der Waals surface area contributed by atoms with Gasteiger partial charge in [0.25, 0.3) is 0 Å². The molecule has 0 bridgehead atoms. The van der Waals surface area contributed by atoms with Crippen LogP contribution in [0.15, 0.2) is 18.7 Å². The zero-order valence-electron chi connectivity index (χ0n) is 8.81. The Hall–Kier alpha value is -1.69. The second kappa shape index (κ2) is 3.47. The SMILES string of the molecule is CC(C)(N)CNc1nccn2cnnc12. The van der Waals surface area contributed by atoms with Crippen LogP contribution in [0.1, 0.15) is 13.8 Å². The molecule has 2 aromatic heterocycles. The Kier molecular flexibility index (Phi) is 2.28. The molecule has 0 radical (unpaired) electrons. The zero-order chi connectivity index (χ0) is 10.9. The second-order valence-corrected chi connectivity index (χ2v) is 4.18. The van der Waals surface area contributed by atoms with E-state index in [1.54, 1.807) is 23.1 Å². The standard InChI is InChI=1S/C9H14N6/c1-9(2,10)5-12-7-8-14-13-6-15(8)4-3-11-7/h3-4,6H,5,10H2,1-2H3,(H,11,12). The van der Waals surface area contributed by atoms with Gasteiger partial charge in [0.15, 0.2) is 5.82 Å². The summed E-state index contributed by atoms with van der Waals surface area (Å²) in [5.74, 6) is 0.702. The highest BCUT2D eigenvalue weighted by molar-refractivity contribution is 5.61. The van der Waals surface area contributed by atoms with Crippen LogP contribution >= 0.6 is 0 Å². The summed E-state index contributed by atoms with van der Waals surface area (Å²) in [6, 6.07) is 0. The van der Waals surface area contributed by atoms with E-state index in [4.69, 9.17) is 5.73 Å². The molecular formula is C9H14N6. The largest absolute Gasteiger partial charge is 0.365 e. The molecule has 0 aromatic carbocycles. The van der Waals surface area contributed by atoms with Crippen molar-refractivity contribution in [1.82, 2.24) is 19.6 Å². The Bertz CT molecular complexity index is 455. The molecule has 0 amide bonds. The molecule has 0 aliphatic carbocycles. The van der Waals surface area contributed by atoms with Gasteiger partial charge < -0.3 is 11.1 Å². The predicted octanol–water partition coefficient (Wildman–Crippen LogP) is 0.273. The maximum Gasteiger partial charge on any atom is 0.203 e. The fourth-order valence-electron chi connectivity index (χ4n) is 1.19. The third-order valence-electron chi connectivity index (χ3n) is 1.93. The monoisotopic (exact) mass is 206 g/mol. The summed E-state index contributed by atoms with van der Waals surface area (Å²) in [5, 5.41) is 10.9. The molecule has 3 N–H and O–H groups in total. The van der Waals surface area contributed by atoms with Gasteiger partial charge in [-0.2, -0.15) is 0 Å². The van der Waals surface area contributed by atoms with Crippen LogP contribution in [0.5, 0.6) is 0 Å². The quantitative estimate of drug-likeness (QED) is 0.753. The van der Waals surface area contributed by atoms with E-state index >= 15 is 0 Å². The lowest BCUT2D eigenvalue weighted by molar-refractivity contribution is 0.548. The van der Waals surface area contributed by atoms with Crippen LogP contribution in [0.3, 0.4) is 0 Å².